The summed E-state index contributed by atoms with van der Waals surface area (Å²) >= 11 is 0. The van der Waals surface area contributed by atoms with Gasteiger partial charge in [-0.1, -0.05) is 6.07 Å². The van der Waals surface area contributed by atoms with E-state index in [2.05, 4.69) is 4.98 Å². The maximum atomic E-state index is 11.2. The van der Waals surface area contributed by atoms with Gasteiger partial charge in [-0.2, -0.15) is 0 Å². The number of pyridine rings is 1. The number of hydrogen-bond acceptors (Lipinski definition) is 3. The number of nitrogens with zero attached hydrogens (tertiary/aromatic N) is 1. The van der Waals surface area contributed by atoms with E-state index in [0.29, 0.717) is 25.2 Å². The highest BCUT2D eigenvalue weighted by molar-refractivity contribution is 5.79. The van der Waals surface area contributed by atoms with E-state index < -0.39 is 0 Å². The molecule has 0 aliphatic heterocycles. The van der Waals surface area contributed by atoms with E-state index in [4.69, 9.17) is 5.73 Å². The van der Waals surface area contributed by atoms with Crippen molar-refractivity contribution in [3.63, 3.8) is 0 Å². The molecular weight excluding hydrogens is 188 g/mol. The van der Waals surface area contributed by atoms with E-state index in [1.54, 1.807) is 6.20 Å². The van der Waals surface area contributed by atoms with Crippen LogP contribution in [0.2, 0.25) is 0 Å². The summed E-state index contributed by atoms with van der Waals surface area (Å²) < 4.78 is 0. The van der Waals surface area contributed by atoms with Gasteiger partial charge in [0.05, 0.1) is 0 Å². The van der Waals surface area contributed by atoms with Crippen molar-refractivity contribution in [1.29, 1.82) is 0 Å². The van der Waals surface area contributed by atoms with Crippen molar-refractivity contribution in [2.45, 2.75) is 31.1 Å². The van der Waals surface area contributed by atoms with Crippen molar-refractivity contribution >= 4 is 5.78 Å². The second-order valence-corrected chi connectivity index (χ2v) is 4.24. The van der Waals surface area contributed by atoms with E-state index in [0.717, 1.165) is 18.5 Å². The lowest BCUT2D eigenvalue weighted by Gasteiger charge is -2.34. The van der Waals surface area contributed by atoms with Gasteiger partial charge < -0.3 is 5.73 Å². The summed E-state index contributed by atoms with van der Waals surface area (Å²) in [4.78, 5) is 15.6. The van der Waals surface area contributed by atoms with Crippen LogP contribution in [-0.4, -0.2) is 17.3 Å². The SMILES string of the molecule is NCC1(c2ccccn2)CCC(=O)CC1. The van der Waals surface area contributed by atoms with Crippen molar-refractivity contribution in [3.8, 4) is 0 Å². The molecule has 0 aromatic carbocycles. The molecule has 0 amide bonds. The normalized spacial score (nSPS) is 20.2. The highest BCUT2D eigenvalue weighted by atomic mass is 16.1. The average molecular weight is 204 g/mol. The van der Waals surface area contributed by atoms with Gasteiger partial charge in [0.15, 0.2) is 0 Å². The summed E-state index contributed by atoms with van der Waals surface area (Å²) in [6.45, 7) is 0.581. The Hall–Kier alpha value is -1.22. The predicted molar refractivity (Wildman–Crippen MR) is 58.4 cm³/mol. The molecule has 1 aliphatic rings. The molecule has 0 spiro atoms. The lowest BCUT2D eigenvalue weighted by atomic mass is 9.71. The number of Topliss-reactive ketones (excluding diaryl/α,β-unsaturated/α-hetero) is 1. The number of carbonyl (C=O) groups excluding carboxylic acids is 1. The first-order chi connectivity index (χ1) is 7.27. The van der Waals surface area contributed by atoms with Crippen molar-refractivity contribution in [2.24, 2.45) is 5.73 Å². The van der Waals surface area contributed by atoms with Crippen LogP contribution in [0.1, 0.15) is 31.4 Å². The minimum atomic E-state index is -0.0603. The lowest BCUT2D eigenvalue weighted by molar-refractivity contribution is -0.121. The van der Waals surface area contributed by atoms with Crippen LogP contribution in [0, 0.1) is 0 Å². The molecule has 1 saturated carbocycles. The van der Waals surface area contributed by atoms with Gasteiger partial charge in [-0.15, -0.1) is 0 Å². The Morgan fingerprint density at radius 3 is 2.60 bits per heavy atom. The Kier molecular flexibility index (Phi) is 2.82. The van der Waals surface area contributed by atoms with E-state index in [1.165, 1.54) is 0 Å². The van der Waals surface area contributed by atoms with Crippen molar-refractivity contribution in [1.82, 2.24) is 4.98 Å². The molecule has 2 N–H and O–H groups in total. The third kappa shape index (κ3) is 1.92. The van der Waals surface area contributed by atoms with Crippen LogP contribution in [0.15, 0.2) is 24.4 Å². The molecule has 0 atom stereocenters. The molecule has 0 saturated heterocycles. The monoisotopic (exact) mass is 204 g/mol. The van der Waals surface area contributed by atoms with Gasteiger partial charge in [-0.3, -0.25) is 9.78 Å². The number of aromatic nitrogens is 1. The number of rotatable bonds is 2. The summed E-state index contributed by atoms with van der Waals surface area (Å²) in [7, 11) is 0. The summed E-state index contributed by atoms with van der Waals surface area (Å²) in [5.74, 6) is 0.356. The first kappa shape index (κ1) is 10.3. The van der Waals surface area contributed by atoms with Crippen LogP contribution >= 0.6 is 0 Å². The van der Waals surface area contributed by atoms with Crippen molar-refractivity contribution < 1.29 is 4.79 Å². The summed E-state index contributed by atoms with van der Waals surface area (Å²) in [5.41, 5.74) is 6.85. The maximum Gasteiger partial charge on any atom is 0.132 e. The fourth-order valence-electron chi connectivity index (χ4n) is 2.25. The maximum absolute atomic E-state index is 11.2. The van der Waals surface area contributed by atoms with Gasteiger partial charge >= 0.3 is 0 Å². The van der Waals surface area contributed by atoms with Crippen LogP contribution < -0.4 is 5.73 Å². The van der Waals surface area contributed by atoms with E-state index in [9.17, 15) is 4.79 Å². The van der Waals surface area contributed by atoms with Crippen LogP contribution in [0.5, 0.6) is 0 Å². The average Bonchev–Trinajstić information content (AvgIpc) is 2.32. The molecule has 1 heterocycles. The second-order valence-electron chi connectivity index (χ2n) is 4.24. The molecule has 1 aromatic rings. The molecule has 1 aromatic heterocycles. The molecular formula is C12H16N2O. The molecule has 80 valence electrons. The Labute approximate surface area is 89.7 Å². The Bertz CT molecular complexity index is 338. The standard InChI is InChI=1S/C12H16N2O/c13-9-12(6-4-10(15)5-7-12)11-3-1-2-8-14-11/h1-3,8H,4-7,9,13H2. The summed E-state index contributed by atoms with van der Waals surface area (Å²) in [6.07, 6.45) is 4.78. The number of hydrogen-bond donors (Lipinski definition) is 1. The molecule has 3 nitrogen and oxygen atoms in total. The smallest absolute Gasteiger partial charge is 0.132 e. The third-order valence-electron chi connectivity index (χ3n) is 3.36. The lowest BCUT2D eigenvalue weighted by Crippen LogP contribution is -2.39. The quantitative estimate of drug-likeness (QED) is 0.792. The Balaban J connectivity index is 2.26. The summed E-state index contributed by atoms with van der Waals surface area (Å²) in [5, 5.41) is 0. The highest BCUT2D eigenvalue weighted by Gasteiger charge is 2.36. The number of ketones is 1. The fraction of sp³-hybridized carbons (Fsp3) is 0.500. The number of nitrogens with two attached hydrogens (primary N) is 1. The molecule has 3 heteroatoms. The largest absolute Gasteiger partial charge is 0.330 e. The molecule has 0 bridgehead atoms. The summed E-state index contributed by atoms with van der Waals surface area (Å²) in [6, 6.07) is 5.90. The van der Waals surface area contributed by atoms with Crippen molar-refractivity contribution in [2.75, 3.05) is 6.54 Å². The van der Waals surface area contributed by atoms with Gasteiger partial charge in [0.2, 0.25) is 0 Å². The molecule has 15 heavy (non-hydrogen) atoms. The second kappa shape index (κ2) is 4.11. The molecule has 1 aliphatic carbocycles. The van der Waals surface area contributed by atoms with Crippen LogP contribution in [0.3, 0.4) is 0 Å². The van der Waals surface area contributed by atoms with Gasteiger partial charge in [0.25, 0.3) is 0 Å². The van der Waals surface area contributed by atoms with Gasteiger partial charge in [0.1, 0.15) is 5.78 Å². The Morgan fingerprint density at radius 2 is 2.07 bits per heavy atom. The third-order valence-corrected chi connectivity index (χ3v) is 3.36. The van der Waals surface area contributed by atoms with Crippen LogP contribution in [0.25, 0.3) is 0 Å². The van der Waals surface area contributed by atoms with Crippen molar-refractivity contribution in [3.05, 3.63) is 30.1 Å². The first-order valence-corrected chi connectivity index (χ1v) is 5.40. The molecule has 0 unspecified atom stereocenters. The molecule has 1 fully saturated rings. The van der Waals surface area contributed by atoms with E-state index >= 15 is 0 Å². The fourth-order valence-corrected chi connectivity index (χ4v) is 2.25. The minimum absolute atomic E-state index is 0.0603. The zero-order chi connectivity index (χ0) is 10.7. The molecule has 2 rings (SSSR count). The van der Waals surface area contributed by atoms with Crippen LogP contribution in [-0.2, 0) is 10.2 Å². The molecule has 0 radical (unpaired) electrons. The first-order valence-electron chi connectivity index (χ1n) is 5.40. The van der Waals surface area contributed by atoms with Gasteiger partial charge in [-0.05, 0) is 25.0 Å². The van der Waals surface area contributed by atoms with Gasteiger partial charge in [0, 0.05) is 36.7 Å². The zero-order valence-corrected chi connectivity index (χ0v) is 8.78. The topological polar surface area (TPSA) is 56.0 Å². The van der Waals surface area contributed by atoms with Gasteiger partial charge in [-0.25, -0.2) is 0 Å². The van der Waals surface area contributed by atoms with E-state index in [1.807, 2.05) is 18.2 Å². The Morgan fingerprint density at radius 1 is 1.33 bits per heavy atom. The zero-order valence-electron chi connectivity index (χ0n) is 8.78. The minimum Gasteiger partial charge on any atom is -0.330 e. The number of carbonyl (C=O) groups is 1. The van der Waals surface area contributed by atoms with E-state index in [-0.39, 0.29) is 5.41 Å². The van der Waals surface area contributed by atoms with Crippen LogP contribution in [0.4, 0.5) is 0 Å². The predicted octanol–water partition coefficient (Wildman–Crippen LogP) is 1.42. The highest BCUT2D eigenvalue weighted by Crippen LogP contribution is 2.36.